The van der Waals surface area contributed by atoms with Crippen LogP contribution in [0.5, 0.6) is 17.2 Å². The summed E-state index contributed by atoms with van der Waals surface area (Å²) in [7, 11) is 0. The van der Waals surface area contributed by atoms with Gasteiger partial charge in [-0.1, -0.05) is 15.9 Å². The third-order valence-corrected chi connectivity index (χ3v) is 4.79. The first-order chi connectivity index (χ1) is 15.6. The molecular weight excluding hydrogens is 470 g/mol. The minimum Gasteiger partial charge on any atom is -0.493 e. The molecule has 4 rings (SSSR count). The molecule has 0 aliphatic carbocycles. The second-order valence-electron chi connectivity index (χ2n) is 6.94. The molecule has 0 saturated carbocycles. The van der Waals surface area contributed by atoms with Crippen LogP contribution in [0.2, 0.25) is 0 Å². The van der Waals surface area contributed by atoms with E-state index < -0.39 is 0 Å². The van der Waals surface area contributed by atoms with Gasteiger partial charge in [-0.2, -0.15) is 4.98 Å². The van der Waals surface area contributed by atoms with E-state index in [1.54, 1.807) is 6.20 Å². The molecule has 2 aromatic carbocycles. The molecule has 2 heterocycles. The van der Waals surface area contributed by atoms with Crippen molar-refractivity contribution in [1.82, 2.24) is 15.0 Å². The minimum absolute atomic E-state index is 0.192. The van der Waals surface area contributed by atoms with E-state index >= 15 is 0 Å². The van der Waals surface area contributed by atoms with Crippen molar-refractivity contribution in [3.63, 3.8) is 0 Å². The molecule has 0 aliphatic heterocycles. The number of benzene rings is 2. The Morgan fingerprint density at radius 2 is 1.66 bits per heavy atom. The molecule has 0 unspecified atom stereocenters. The number of pyridine rings is 1. The second kappa shape index (κ2) is 10.1. The molecule has 162 valence electrons. The van der Waals surface area contributed by atoms with Gasteiger partial charge in [-0.25, -0.2) is 4.98 Å². The predicted molar refractivity (Wildman–Crippen MR) is 130 cm³/mol. The van der Waals surface area contributed by atoms with Gasteiger partial charge in [0.2, 0.25) is 5.95 Å². The molecule has 2 aromatic heterocycles. The van der Waals surface area contributed by atoms with Crippen molar-refractivity contribution < 1.29 is 9.47 Å². The fraction of sp³-hybridized carbons (Fsp3) is 0.125. The molecule has 0 fully saturated rings. The van der Waals surface area contributed by atoms with E-state index in [0.717, 1.165) is 45.2 Å². The van der Waals surface area contributed by atoms with Crippen molar-refractivity contribution in [3.8, 4) is 28.5 Å². The standard InChI is InChI=1S/C24H22BrN5O2/c1-16-14-21(10-12-27-16)32-20-8-4-18(5-9-20)28-23-15-22(29-24(26)30-23)17-2-6-19(7-3-17)31-13-11-25/h2-10,12,14-15H,11,13H2,1H3,(H3,26,28,29,30). The van der Waals surface area contributed by atoms with Gasteiger partial charge < -0.3 is 20.5 Å². The molecule has 0 radical (unpaired) electrons. The number of nitrogen functional groups attached to an aromatic ring is 1. The highest BCUT2D eigenvalue weighted by Gasteiger charge is 2.07. The zero-order valence-corrected chi connectivity index (χ0v) is 19.0. The van der Waals surface area contributed by atoms with Crippen LogP contribution in [0.4, 0.5) is 17.5 Å². The number of hydrogen-bond donors (Lipinski definition) is 2. The molecule has 8 heteroatoms. The van der Waals surface area contributed by atoms with Crippen molar-refractivity contribution in [1.29, 1.82) is 0 Å². The smallest absolute Gasteiger partial charge is 0.222 e. The number of nitrogens with two attached hydrogens (primary N) is 1. The van der Waals surface area contributed by atoms with Gasteiger partial charge in [0.15, 0.2) is 0 Å². The summed E-state index contributed by atoms with van der Waals surface area (Å²) in [6.07, 6.45) is 1.72. The minimum atomic E-state index is 0.192. The van der Waals surface area contributed by atoms with Crippen LogP contribution in [0, 0.1) is 6.92 Å². The lowest BCUT2D eigenvalue weighted by molar-refractivity contribution is 0.345. The fourth-order valence-corrected chi connectivity index (χ4v) is 3.19. The molecule has 7 nitrogen and oxygen atoms in total. The molecule has 0 aliphatic rings. The number of aryl methyl sites for hydroxylation is 1. The van der Waals surface area contributed by atoms with E-state index in [1.165, 1.54) is 0 Å². The molecule has 0 bridgehead atoms. The van der Waals surface area contributed by atoms with Gasteiger partial charge in [0, 0.05) is 40.6 Å². The summed E-state index contributed by atoms with van der Waals surface area (Å²) in [4.78, 5) is 12.8. The molecule has 32 heavy (non-hydrogen) atoms. The number of ether oxygens (including phenoxy) is 2. The van der Waals surface area contributed by atoms with Crippen molar-refractivity contribution in [2.75, 3.05) is 23.0 Å². The van der Waals surface area contributed by atoms with Crippen LogP contribution >= 0.6 is 15.9 Å². The van der Waals surface area contributed by atoms with Gasteiger partial charge in [0.05, 0.1) is 12.3 Å². The average Bonchev–Trinajstić information content (AvgIpc) is 2.79. The summed E-state index contributed by atoms with van der Waals surface area (Å²) in [5.74, 6) is 3.07. The quantitative estimate of drug-likeness (QED) is 0.303. The van der Waals surface area contributed by atoms with Crippen LogP contribution in [0.15, 0.2) is 72.9 Å². The summed E-state index contributed by atoms with van der Waals surface area (Å²) in [6.45, 7) is 2.54. The summed E-state index contributed by atoms with van der Waals surface area (Å²) >= 11 is 3.35. The number of rotatable bonds is 8. The monoisotopic (exact) mass is 491 g/mol. The van der Waals surface area contributed by atoms with Gasteiger partial charge in [0.25, 0.3) is 0 Å². The van der Waals surface area contributed by atoms with E-state index in [2.05, 4.69) is 36.2 Å². The van der Waals surface area contributed by atoms with E-state index in [9.17, 15) is 0 Å². The van der Waals surface area contributed by atoms with Crippen molar-refractivity contribution in [2.45, 2.75) is 6.92 Å². The third kappa shape index (κ3) is 5.73. The van der Waals surface area contributed by atoms with Crippen LogP contribution in [-0.2, 0) is 0 Å². The normalized spacial score (nSPS) is 10.6. The van der Waals surface area contributed by atoms with Crippen molar-refractivity contribution >= 4 is 33.4 Å². The topological polar surface area (TPSA) is 95.2 Å². The lowest BCUT2D eigenvalue weighted by Gasteiger charge is -2.11. The molecule has 0 atom stereocenters. The molecule has 0 saturated heterocycles. The Hall–Kier alpha value is -3.65. The van der Waals surface area contributed by atoms with Crippen molar-refractivity contribution in [2.24, 2.45) is 0 Å². The summed E-state index contributed by atoms with van der Waals surface area (Å²) in [6, 6.07) is 20.9. The Kier molecular flexibility index (Phi) is 6.81. The summed E-state index contributed by atoms with van der Waals surface area (Å²) in [5.41, 5.74) is 9.35. The maximum Gasteiger partial charge on any atom is 0.222 e. The Balaban J connectivity index is 1.47. The zero-order chi connectivity index (χ0) is 22.3. The zero-order valence-electron chi connectivity index (χ0n) is 17.5. The van der Waals surface area contributed by atoms with Crippen LogP contribution < -0.4 is 20.5 Å². The van der Waals surface area contributed by atoms with E-state index in [4.69, 9.17) is 15.2 Å². The van der Waals surface area contributed by atoms with Gasteiger partial charge in [-0.05, 0) is 61.5 Å². The number of halogens is 1. The van der Waals surface area contributed by atoms with Crippen LogP contribution in [0.25, 0.3) is 11.3 Å². The van der Waals surface area contributed by atoms with Crippen molar-refractivity contribution in [3.05, 3.63) is 78.6 Å². The van der Waals surface area contributed by atoms with E-state index in [0.29, 0.717) is 12.4 Å². The highest BCUT2D eigenvalue weighted by atomic mass is 79.9. The SMILES string of the molecule is Cc1cc(Oc2ccc(Nc3cc(-c4ccc(OCCBr)cc4)nc(N)n3)cc2)ccn1. The first kappa shape index (κ1) is 21.6. The average molecular weight is 492 g/mol. The molecule has 4 aromatic rings. The number of aromatic nitrogens is 3. The molecule has 3 N–H and O–H groups in total. The Morgan fingerprint density at radius 3 is 2.38 bits per heavy atom. The van der Waals surface area contributed by atoms with Crippen LogP contribution in [0.1, 0.15) is 5.69 Å². The van der Waals surface area contributed by atoms with Gasteiger partial charge >= 0.3 is 0 Å². The Bertz CT molecular complexity index is 1180. The molecule has 0 amide bonds. The second-order valence-corrected chi connectivity index (χ2v) is 7.74. The van der Waals surface area contributed by atoms with E-state index in [1.807, 2.05) is 73.7 Å². The number of anilines is 3. The van der Waals surface area contributed by atoms with Crippen LogP contribution in [-0.4, -0.2) is 26.9 Å². The summed E-state index contributed by atoms with van der Waals surface area (Å²) in [5, 5.41) is 4.05. The fourth-order valence-electron chi connectivity index (χ4n) is 3.03. The Labute approximate surface area is 194 Å². The number of nitrogens with zero attached hydrogens (tertiary/aromatic N) is 3. The largest absolute Gasteiger partial charge is 0.493 e. The highest BCUT2D eigenvalue weighted by molar-refractivity contribution is 9.09. The maximum atomic E-state index is 5.95. The maximum absolute atomic E-state index is 5.95. The first-order valence-electron chi connectivity index (χ1n) is 10.0. The van der Waals surface area contributed by atoms with E-state index in [-0.39, 0.29) is 5.95 Å². The lowest BCUT2D eigenvalue weighted by Crippen LogP contribution is -2.01. The number of alkyl halides is 1. The highest BCUT2D eigenvalue weighted by Crippen LogP contribution is 2.27. The third-order valence-electron chi connectivity index (χ3n) is 4.47. The van der Waals surface area contributed by atoms with Crippen LogP contribution in [0.3, 0.4) is 0 Å². The lowest BCUT2D eigenvalue weighted by atomic mass is 10.1. The first-order valence-corrected chi connectivity index (χ1v) is 11.1. The Morgan fingerprint density at radius 1 is 0.906 bits per heavy atom. The van der Waals surface area contributed by atoms with Gasteiger partial charge in [-0.15, -0.1) is 0 Å². The summed E-state index contributed by atoms with van der Waals surface area (Å²) < 4.78 is 11.5. The molecular formula is C24H22BrN5O2. The molecule has 0 spiro atoms. The number of hydrogen-bond acceptors (Lipinski definition) is 7. The number of nitrogens with one attached hydrogen (secondary N) is 1. The predicted octanol–water partition coefficient (Wildman–Crippen LogP) is 5.74. The van der Waals surface area contributed by atoms with Gasteiger partial charge in [-0.3, -0.25) is 4.98 Å². The van der Waals surface area contributed by atoms with Gasteiger partial charge in [0.1, 0.15) is 23.1 Å².